The third-order valence-electron chi connectivity index (χ3n) is 4.03. The molecular formula is C21H17F2NO3. The number of amides is 1. The third-order valence-corrected chi connectivity index (χ3v) is 4.03. The fourth-order valence-corrected chi connectivity index (χ4v) is 2.63. The summed E-state index contributed by atoms with van der Waals surface area (Å²) in [6, 6.07) is 16.4. The fourth-order valence-electron chi connectivity index (χ4n) is 2.63. The van der Waals surface area contributed by atoms with Gasteiger partial charge in [-0.05, 0) is 35.4 Å². The highest BCUT2D eigenvalue weighted by molar-refractivity contribution is 5.95. The summed E-state index contributed by atoms with van der Waals surface area (Å²) in [5, 5.41) is 4.45. The molecular weight excluding hydrogens is 352 g/mol. The van der Waals surface area contributed by atoms with Crippen LogP contribution < -0.4 is 5.32 Å². The van der Waals surface area contributed by atoms with Crippen LogP contribution in [0.1, 0.15) is 12.5 Å². The maximum Gasteiger partial charge on any atom is 0.311 e. The molecule has 0 radical (unpaired) electrons. The van der Waals surface area contributed by atoms with Gasteiger partial charge in [-0.2, -0.15) is 0 Å². The molecule has 0 fully saturated rings. The highest BCUT2D eigenvalue weighted by Gasteiger charge is 2.18. The van der Waals surface area contributed by atoms with Gasteiger partial charge in [-0.3, -0.25) is 9.59 Å². The summed E-state index contributed by atoms with van der Waals surface area (Å²) in [5.41, 5.74) is 0.850. The molecule has 1 amide bonds. The van der Waals surface area contributed by atoms with Crippen molar-refractivity contribution in [2.75, 3.05) is 5.32 Å². The van der Waals surface area contributed by atoms with Crippen molar-refractivity contribution in [3.05, 3.63) is 77.9 Å². The van der Waals surface area contributed by atoms with Crippen LogP contribution in [0.2, 0.25) is 0 Å². The predicted octanol–water partition coefficient (Wildman–Crippen LogP) is 4.23. The van der Waals surface area contributed by atoms with Gasteiger partial charge in [0.1, 0.15) is 0 Å². The van der Waals surface area contributed by atoms with Gasteiger partial charge in [0, 0.05) is 11.8 Å². The molecule has 0 aromatic heterocycles. The third kappa shape index (κ3) is 4.67. The molecule has 0 bridgehead atoms. The first-order valence-corrected chi connectivity index (χ1v) is 8.35. The molecule has 1 N–H and O–H groups in total. The zero-order valence-electron chi connectivity index (χ0n) is 14.5. The van der Waals surface area contributed by atoms with Crippen LogP contribution in [0.5, 0.6) is 0 Å². The standard InChI is InChI=1S/C21H17F2NO3/c1-13(21(26)24-17-8-9-18(22)19(23)12-17)27-20(25)11-14-6-7-15-4-2-3-5-16(15)10-14/h2-10,12-13H,11H2,1H3,(H,24,26)/t13-/m1/s1. The zero-order valence-corrected chi connectivity index (χ0v) is 14.5. The largest absolute Gasteiger partial charge is 0.452 e. The smallest absolute Gasteiger partial charge is 0.311 e. The molecule has 3 aromatic rings. The summed E-state index contributed by atoms with van der Waals surface area (Å²) < 4.78 is 31.2. The molecule has 3 aromatic carbocycles. The van der Waals surface area contributed by atoms with Gasteiger partial charge in [0.15, 0.2) is 17.7 Å². The van der Waals surface area contributed by atoms with Crippen molar-refractivity contribution in [3.63, 3.8) is 0 Å². The second-order valence-corrected chi connectivity index (χ2v) is 6.11. The Bertz CT molecular complexity index is 1000. The predicted molar refractivity (Wildman–Crippen MR) is 98.2 cm³/mol. The molecule has 0 heterocycles. The first-order chi connectivity index (χ1) is 12.9. The van der Waals surface area contributed by atoms with Crippen LogP contribution in [-0.2, 0) is 20.7 Å². The summed E-state index contributed by atoms with van der Waals surface area (Å²) in [4.78, 5) is 24.2. The van der Waals surface area contributed by atoms with Crippen molar-refractivity contribution < 1.29 is 23.1 Å². The van der Waals surface area contributed by atoms with Crippen molar-refractivity contribution in [1.29, 1.82) is 0 Å². The molecule has 138 valence electrons. The summed E-state index contributed by atoms with van der Waals surface area (Å²) in [6.07, 6.45) is -1.06. The van der Waals surface area contributed by atoms with E-state index in [0.717, 1.165) is 28.5 Å². The van der Waals surface area contributed by atoms with E-state index in [1.54, 1.807) is 0 Å². The normalized spacial score (nSPS) is 11.8. The summed E-state index contributed by atoms with van der Waals surface area (Å²) in [6.45, 7) is 1.41. The number of nitrogens with one attached hydrogen (secondary N) is 1. The SMILES string of the molecule is C[C@@H](OC(=O)Cc1ccc2ccccc2c1)C(=O)Nc1ccc(F)c(F)c1. The van der Waals surface area contributed by atoms with Crippen LogP contribution in [0, 0.1) is 11.6 Å². The van der Waals surface area contributed by atoms with Gasteiger partial charge in [-0.25, -0.2) is 8.78 Å². The number of esters is 1. The van der Waals surface area contributed by atoms with Crippen LogP contribution in [0.15, 0.2) is 60.7 Å². The van der Waals surface area contributed by atoms with Gasteiger partial charge in [-0.1, -0.05) is 42.5 Å². The van der Waals surface area contributed by atoms with E-state index < -0.39 is 29.6 Å². The van der Waals surface area contributed by atoms with E-state index in [4.69, 9.17) is 4.74 Å². The average molecular weight is 369 g/mol. The first-order valence-electron chi connectivity index (χ1n) is 8.35. The zero-order chi connectivity index (χ0) is 19.4. The van der Waals surface area contributed by atoms with E-state index in [2.05, 4.69) is 5.32 Å². The fraction of sp³-hybridized carbons (Fsp3) is 0.143. The van der Waals surface area contributed by atoms with E-state index >= 15 is 0 Å². The number of ether oxygens (including phenoxy) is 1. The van der Waals surface area contributed by atoms with Crippen molar-refractivity contribution in [1.82, 2.24) is 0 Å². The average Bonchev–Trinajstić information content (AvgIpc) is 2.64. The molecule has 4 nitrogen and oxygen atoms in total. The Balaban J connectivity index is 1.58. The van der Waals surface area contributed by atoms with Crippen molar-refractivity contribution in [2.45, 2.75) is 19.4 Å². The molecule has 0 aliphatic heterocycles. The Kier molecular flexibility index (Phi) is 5.45. The van der Waals surface area contributed by atoms with E-state index in [9.17, 15) is 18.4 Å². The Hall–Kier alpha value is -3.28. The van der Waals surface area contributed by atoms with Gasteiger partial charge in [0.05, 0.1) is 6.42 Å². The minimum absolute atomic E-state index is 0.0215. The molecule has 0 saturated heterocycles. The number of hydrogen-bond acceptors (Lipinski definition) is 3. The monoisotopic (exact) mass is 369 g/mol. The summed E-state index contributed by atoms with van der Waals surface area (Å²) >= 11 is 0. The Morgan fingerprint density at radius 3 is 2.44 bits per heavy atom. The summed E-state index contributed by atoms with van der Waals surface area (Å²) in [7, 11) is 0. The van der Waals surface area contributed by atoms with Gasteiger partial charge in [0.2, 0.25) is 0 Å². The lowest BCUT2D eigenvalue weighted by Crippen LogP contribution is -2.30. The van der Waals surface area contributed by atoms with Crippen LogP contribution in [0.3, 0.4) is 0 Å². The quantitative estimate of drug-likeness (QED) is 0.685. The Morgan fingerprint density at radius 2 is 1.70 bits per heavy atom. The Labute approximate surface area is 154 Å². The van der Waals surface area contributed by atoms with Crippen LogP contribution >= 0.6 is 0 Å². The minimum Gasteiger partial charge on any atom is -0.452 e. The first kappa shape index (κ1) is 18.5. The lowest BCUT2D eigenvalue weighted by molar-refractivity contribution is -0.152. The van der Waals surface area contributed by atoms with E-state index in [-0.39, 0.29) is 12.1 Å². The van der Waals surface area contributed by atoms with Crippen LogP contribution in [0.4, 0.5) is 14.5 Å². The van der Waals surface area contributed by atoms with Crippen molar-refractivity contribution in [3.8, 4) is 0 Å². The number of rotatable bonds is 5. The number of halogens is 2. The molecule has 0 aliphatic carbocycles. The van der Waals surface area contributed by atoms with Gasteiger partial charge in [-0.15, -0.1) is 0 Å². The highest BCUT2D eigenvalue weighted by atomic mass is 19.2. The van der Waals surface area contributed by atoms with Gasteiger partial charge < -0.3 is 10.1 Å². The lowest BCUT2D eigenvalue weighted by Gasteiger charge is -2.14. The molecule has 0 unspecified atom stereocenters. The lowest BCUT2D eigenvalue weighted by atomic mass is 10.1. The molecule has 6 heteroatoms. The molecule has 27 heavy (non-hydrogen) atoms. The molecule has 0 spiro atoms. The van der Waals surface area contributed by atoms with E-state index in [1.165, 1.54) is 13.0 Å². The number of benzene rings is 3. The van der Waals surface area contributed by atoms with Crippen molar-refractivity contribution >= 4 is 28.3 Å². The van der Waals surface area contributed by atoms with Crippen LogP contribution in [-0.4, -0.2) is 18.0 Å². The highest BCUT2D eigenvalue weighted by Crippen LogP contribution is 2.17. The number of carbonyl (C=O) groups is 2. The van der Waals surface area contributed by atoms with Gasteiger partial charge in [0.25, 0.3) is 5.91 Å². The van der Waals surface area contributed by atoms with E-state index in [1.807, 2.05) is 42.5 Å². The molecule has 3 rings (SSSR count). The topological polar surface area (TPSA) is 55.4 Å². The van der Waals surface area contributed by atoms with E-state index in [0.29, 0.717) is 0 Å². The number of hydrogen-bond donors (Lipinski definition) is 1. The van der Waals surface area contributed by atoms with Crippen LogP contribution in [0.25, 0.3) is 10.8 Å². The molecule has 0 saturated carbocycles. The Morgan fingerprint density at radius 1 is 0.963 bits per heavy atom. The minimum atomic E-state index is -1.08. The number of fused-ring (bicyclic) bond motifs is 1. The second-order valence-electron chi connectivity index (χ2n) is 6.11. The molecule has 0 aliphatic rings. The molecule has 1 atom stereocenters. The summed E-state index contributed by atoms with van der Waals surface area (Å²) in [5.74, 6) is -3.28. The maximum absolute atomic E-state index is 13.2. The number of anilines is 1. The van der Waals surface area contributed by atoms with Crippen molar-refractivity contribution in [2.24, 2.45) is 0 Å². The second kappa shape index (κ2) is 7.95. The maximum atomic E-state index is 13.2. The van der Waals surface area contributed by atoms with Gasteiger partial charge >= 0.3 is 5.97 Å². The number of carbonyl (C=O) groups excluding carboxylic acids is 2.